The molecule has 1 spiro atoms. The topological polar surface area (TPSA) is 145 Å². The van der Waals surface area contributed by atoms with Gasteiger partial charge < -0.3 is 29.9 Å². The minimum absolute atomic E-state index is 0.0693. The molecular weight excluding hydrogens is 490 g/mol. The number of allylic oxidation sites excluding steroid dienone is 1. The summed E-state index contributed by atoms with van der Waals surface area (Å²) in [5.74, 6) is -0.328. The summed E-state index contributed by atoms with van der Waals surface area (Å²) in [5, 5.41) is 12.2. The first-order valence-electron chi connectivity index (χ1n) is 12.2. The molecule has 3 amide bonds. The molecule has 1 aliphatic carbocycles. The molecule has 0 atom stereocenters. The van der Waals surface area contributed by atoms with Crippen molar-refractivity contribution in [2.24, 2.45) is 0 Å². The van der Waals surface area contributed by atoms with E-state index < -0.39 is 17.2 Å². The van der Waals surface area contributed by atoms with E-state index in [1.165, 1.54) is 6.26 Å². The normalized spacial score (nSPS) is 18.1. The lowest BCUT2D eigenvalue weighted by molar-refractivity contribution is -0.124. The molecule has 0 saturated carbocycles. The van der Waals surface area contributed by atoms with Crippen molar-refractivity contribution in [2.45, 2.75) is 31.6 Å². The summed E-state index contributed by atoms with van der Waals surface area (Å²) in [6, 6.07) is 7.26. The Hall–Kier alpha value is -4.51. The molecular formula is C27H25N5O6. The van der Waals surface area contributed by atoms with Crippen LogP contribution in [0.25, 0.3) is 5.57 Å². The van der Waals surface area contributed by atoms with E-state index >= 15 is 0 Å². The minimum Gasteiger partial charge on any atom is -0.496 e. The number of anilines is 2. The molecule has 3 aromatic rings. The van der Waals surface area contributed by atoms with Crippen molar-refractivity contribution in [3.63, 3.8) is 0 Å². The van der Waals surface area contributed by atoms with E-state index in [-0.39, 0.29) is 23.0 Å². The van der Waals surface area contributed by atoms with Crippen molar-refractivity contribution in [3.05, 3.63) is 70.4 Å². The standard InChI is InChI=1S/C27H25N5O6/c1-14-17(13-38-32-14)24(33)31-23(16-10-15-4-3-5-20(36-2)22(15)16)25(34)30-21-11-19-18(12-28-21)27(26(35)29-19)6-8-37-9-7-27/h3-5,11-13H,6-10H2,1-2H3,(H,29,35)(H,31,33)(H,28,30,34). The van der Waals surface area contributed by atoms with Crippen molar-refractivity contribution in [1.29, 1.82) is 0 Å². The Kier molecular flexibility index (Phi) is 5.72. The van der Waals surface area contributed by atoms with Gasteiger partial charge in [-0.1, -0.05) is 17.3 Å². The lowest BCUT2D eigenvalue weighted by Gasteiger charge is -2.31. The van der Waals surface area contributed by atoms with Gasteiger partial charge in [-0.25, -0.2) is 4.98 Å². The third-order valence-corrected chi connectivity index (χ3v) is 7.45. The third kappa shape index (κ3) is 3.74. The van der Waals surface area contributed by atoms with Gasteiger partial charge in [-0.05, 0) is 37.0 Å². The number of fused-ring (bicyclic) bond motifs is 3. The maximum atomic E-state index is 13.6. The Labute approximate surface area is 217 Å². The predicted molar refractivity (Wildman–Crippen MR) is 136 cm³/mol. The second-order valence-corrected chi connectivity index (χ2v) is 9.51. The number of rotatable bonds is 5. The number of aryl methyl sites for hydroxylation is 1. The van der Waals surface area contributed by atoms with Crippen LogP contribution < -0.4 is 20.7 Å². The van der Waals surface area contributed by atoms with E-state index in [1.807, 2.05) is 12.1 Å². The van der Waals surface area contributed by atoms with Crippen LogP contribution in [0.2, 0.25) is 0 Å². The summed E-state index contributed by atoms with van der Waals surface area (Å²) < 4.78 is 15.9. The van der Waals surface area contributed by atoms with Crippen LogP contribution in [0.1, 0.15) is 45.6 Å². The highest BCUT2D eigenvalue weighted by molar-refractivity contribution is 6.14. The Morgan fingerprint density at radius 2 is 2.03 bits per heavy atom. The molecule has 3 N–H and O–H groups in total. The van der Waals surface area contributed by atoms with Gasteiger partial charge >= 0.3 is 0 Å². The maximum Gasteiger partial charge on any atom is 0.273 e. The smallest absolute Gasteiger partial charge is 0.273 e. The molecule has 1 fully saturated rings. The zero-order chi connectivity index (χ0) is 26.4. The molecule has 194 valence electrons. The van der Waals surface area contributed by atoms with E-state index in [0.29, 0.717) is 55.2 Å². The average molecular weight is 516 g/mol. The molecule has 1 aromatic carbocycles. The molecule has 11 heteroatoms. The van der Waals surface area contributed by atoms with Gasteiger partial charge in [-0.3, -0.25) is 14.4 Å². The lowest BCUT2D eigenvalue weighted by Crippen LogP contribution is -2.40. The largest absolute Gasteiger partial charge is 0.496 e. The quantitative estimate of drug-likeness (QED) is 0.440. The van der Waals surface area contributed by atoms with Crippen molar-refractivity contribution in [3.8, 4) is 5.75 Å². The summed E-state index contributed by atoms with van der Waals surface area (Å²) in [6.07, 6.45) is 4.48. The molecule has 4 heterocycles. The second kappa shape index (κ2) is 9.10. The van der Waals surface area contributed by atoms with Crippen molar-refractivity contribution < 1.29 is 28.4 Å². The van der Waals surface area contributed by atoms with Crippen LogP contribution in [0, 0.1) is 6.92 Å². The highest BCUT2D eigenvalue weighted by atomic mass is 16.5. The molecule has 2 aromatic heterocycles. The SMILES string of the molecule is COc1cccc2c1C(=C(NC(=O)c1conc1C)C(=O)Nc1cc3c(cn1)C1(CCOCC1)C(=O)N3)C2. The highest BCUT2D eigenvalue weighted by Gasteiger charge is 2.48. The first-order valence-corrected chi connectivity index (χ1v) is 12.2. The fourth-order valence-corrected chi connectivity index (χ4v) is 5.35. The predicted octanol–water partition coefficient (Wildman–Crippen LogP) is 2.72. The second-order valence-electron chi connectivity index (χ2n) is 9.51. The van der Waals surface area contributed by atoms with E-state index in [0.717, 1.165) is 16.7 Å². The summed E-state index contributed by atoms with van der Waals surface area (Å²) in [6.45, 7) is 2.64. The third-order valence-electron chi connectivity index (χ3n) is 7.45. The number of pyridine rings is 1. The van der Waals surface area contributed by atoms with Crippen molar-refractivity contribution in [2.75, 3.05) is 31.0 Å². The van der Waals surface area contributed by atoms with Gasteiger partial charge in [0.1, 0.15) is 29.1 Å². The van der Waals surface area contributed by atoms with Crippen LogP contribution in [-0.2, 0) is 26.2 Å². The number of carbonyl (C=O) groups excluding carboxylic acids is 3. The average Bonchev–Trinajstić information content (AvgIpc) is 3.44. The van der Waals surface area contributed by atoms with Gasteiger partial charge in [0.25, 0.3) is 11.8 Å². The van der Waals surface area contributed by atoms with Gasteiger partial charge in [-0.15, -0.1) is 0 Å². The summed E-state index contributed by atoms with van der Waals surface area (Å²) in [7, 11) is 1.55. The van der Waals surface area contributed by atoms with Gasteiger partial charge in [0.05, 0.1) is 23.9 Å². The van der Waals surface area contributed by atoms with Gasteiger partial charge in [0, 0.05) is 43.0 Å². The number of benzene rings is 1. The molecule has 0 bridgehead atoms. The van der Waals surface area contributed by atoms with Crippen LogP contribution >= 0.6 is 0 Å². The number of nitrogens with one attached hydrogen (secondary N) is 3. The minimum atomic E-state index is -0.660. The molecule has 11 nitrogen and oxygen atoms in total. The van der Waals surface area contributed by atoms with E-state index in [1.54, 1.807) is 32.4 Å². The van der Waals surface area contributed by atoms with Crippen molar-refractivity contribution >= 4 is 34.8 Å². The molecule has 38 heavy (non-hydrogen) atoms. The number of nitrogens with zero attached hydrogens (tertiary/aromatic N) is 2. The molecule has 0 unspecified atom stereocenters. The zero-order valence-corrected chi connectivity index (χ0v) is 20.8. The highest BCUT2D eigenvalue weighted by Crippen LogP contribution is 2.45. The monoisotopic (exact) mass is 515 g/mol. The molecule has 0 radical (unpaired) electrons. The molecule has 3 aliphatic rings. The zero-order valence-electron chi connectivity index (χ0n) is 20.8. The van der Waals surface area contributed by atoms with E-state index in [4.69, 9.17) is 14.0 Å². The number of aromatic nitrogens is 2. The lowest BCUT2D eigenvalue weighted by atomic mass is 9.76. The van der Waals surface area contributed by atoms with Gasteiger partial charge in [0.15, 0.2) is 0 Å². The summed E-state index contributed by atoms with van der Waals surface area (Å²) >= 11 is 0. The van der Waals surface area contributed by atoms with Gasteiger partial charge in [0.2, 0.25) is 5.91 Å². The Morgan fingerprint density at radius 1 is 1.21 bits per heavy atom. The fraction of sp³-hybridized carbons (Fsp3) is 0.296. The maximum absolute atomic E-state index is 13.6. The van der Waals surface area contributed by atoms with Crippen molar-refractivity contribution in [1.82, 2.24) is 15.5 Å². The first-order chi connectivity index (χ1) is 18.4. The number of carbonyl (C=O) groups is 3. The fourth-order valence-electron chi connectivity index (χ4n) is 5.35. The van der Waals surface area contributed by atoms with Crippen LogP contribution in [0.5, 0.6) is 5.75 Å². The van der Waals surface area contributed by atoms with Gasteiger partial charge in [-0.2, -0.15) is 0 Å². The van der Waals surface area contributed by atoms with Crippen LogP contribution in [-0.4, -0.2) is 48.2 Å². The Balaban J connectivity index is 1.33. The molecule has 1 saturated heterocycles. The van der Waals surface area contributed by atoms with E-state index in [9.17, 15) is 14.4 Å². The number of hydrogen-bond donors (Lipinski definition) is 3. The van der Waals surface area contributed by atoms with Crippen LogP contribution in [0.4, 0.5) is 11.5 Å². The van der Waals surface area contributed by atoms with Crippen LogP contribution in [0.3, 0.4) is 0 Å². The van der Waals surface area contributed by atoms with E-state index in [2.05, 4.69) is 26.1 Å². The number of amides is 3. The number of methoxy groups -OCH3 is 1. The molecule has 6 rings (SSSR count). The summed E-state index contributed by atoms with van der Waals surface area (Å²) in [5.41, 5.74) is 3.83. The number of ether oxygens (including phenoxy) is 2. The first kappa shape index (κ1) is 23.9. The van der Waals surface area contributed by atoms with Crippen LogP contribution in [0.15, 0.2) is 46.9 Å². The number of hydrogen-bond acceptors (Lipinski definition) is 8. The summed E-state index contributed by atoms with van der Waals surface area (Å²) in [4.78, 5) is 43.9. The molecule has 2 aliphatic heterocycles. The Bertz CT molecular complexity index is 1520. The Morgan fingerprint density at radius 3 is 2.76 bits per heavy atom.